The van der Waals surface area contributed by atoms with E-state index in [1.54, 1.807) is 12.1 Å². The Kier molecular flexibility index (Phi) is 5.38. The van der Waals surface area contributed by atoms with Crippen molar-refractivity contribution in [2.24, 2.45) is 0 Å². The topological polar surface area (TPSA) is 72.7 Å². The lowest BCUT2D eigenvalue weighted by molar-refractivity contribution is -0.385. The molecule has 0 bridgehead atoms. The smallest absolute Gasteiger partial charge is 0.328 e. The molecule has 0 aromatic heterocycles. The van der Waals surface area contributed by atoms with Crippen LogP contribution in [0.25, 0.3) is 32.3 Å². The fraction of sp³-hybridized carbons (Fsp3) is 0.167. The van der Waals surface area contributed by atoms with E-state index in [1.807, 2.05) is 18.0 Å². The second-order valence-electron chi connectivity index (χ2n) is 9.38. The third kappa shape index (κ3) is 3.76. The highest BCUT2D eigenvalue weighted by Gasteiger charge is 2.33. The van der Waals surface area contributed by atoms with E-state index < -0.39 is 11.0 Å². The predicted octanol–water partition coefficient (Wildman–Crippen LogP) is 6.33. The molecule has 0 amide bonds. The van der Waals surface area contributed by atoms with Crippen molar-refractivity contribution in [1.29, 1.82) is 0 Å². The van der Waals surface area contributed by atoms with Crippen LogP contribution < -0.4 is 0 Å². The Bertz CT molecular complexity index is 1680. The summed E-state index contributed by atoms with van der Waals surface area (Å²) in [4.78, 5) is 25.8. The Morgan fingerprint density at radius 1 is 0.917 bits per heavy atom. The van der Waals surface area contributed by atoms with Gasteiger partial charge in [0.1, 0.15) is 12.6 Å². The number of ether oxygens (including phenoxy) is 1. The summed E-state index contributed by atoms with van der Waals surface area (Å²) in [6, 6.07) is 27.3. The molecule has 5 aromatic rings. The molecule has 0 saturated heterocycles. The van der Waals surface area contributed by atoms with Gasteiger partial charge in [0.05, 0.1) is 4.92 Å². The molecule has 0 saturated carbocycles. The van der Waals surface area contributed by atoms with E-state index in [0.717, 1.165) is 27.5 Å². The lowest BCUT2D eigenvalue weighted by Gasteiger charge is -2.32. The number of hydrogen-bond donors (Lipinski definition) is 0. The van der Waals surface area contributed by atoms with Gasteiger partial charge in [-0.25, -0.2) is 4.79 Å². The molecule has 0 N–H and O–H groups in total. The highest BCUT2D eigenvalue weighted by atomic mass is 16.6. The second-order valence-corrected chi connectivity index (χ2v) is 9.38. The van der Waals surface area contributed by atoms with Gasteiger partial charge in [-0.2, -0.15) is 0 Å². The van der Waals surface area contributed by atoms with Gasteiger partial charge in [-0.05, 0) is 74.6 Å². The number of likely N-dealkylation sites (N-methyl/N-ethyl adjacent to an activating group) is 1. The first kappa shape index (κ1) is 22.2. The lowest BCUT2D eigenvalue weighted by atomic mass is 9.92. The summed E-state index contributed by atoms with van der Waals surface area (Å²) in [5.74, 6) is -0.350. The third-order valence-electron chi connectivity index (χ3n) is 7.22. The van der Waals surface area contributed by atoms with Gasteiger partial charge >= 0.3 is 5.97 Å². The molecule has 6 nitrogen and oxygen atoms in total. The van der Waals surface area contributed by atoms with Gasteiger partial charge in [-0.3, -0.25) is 15.0 Å². The number of non-ortho nitro benzene ring substituents is 1. The van der Waals surface area contributed by atoms with E-state index in [1.165, 1.54) is 27.6 Å². The molecule has 1 aliphatic rings. The SMILES string of the molecule is CN1CCc2cc([N+](=O)[O-])ccc2C1C(=O)OCc1ccc2c(ccc3c4ccccc4ccc23)c1. The van der Waals surface area contributed by atoms with Crippen molar-refractivity contribution < 1.29 is 14.5 Å². The van der Waals surface area contributed by atoms with Crippen LogP contribution in [-0.4, -0.2) is 29.4 Å². The maximum Gasteiger partial charge on any atom is 0.328 e. The standard InChI is InChI=1S/C30H24N2O4/c1-31-15-14-22-17-23(32(34)35)9-13-26(22)29(31)30(33)36-18-19-6-10-25-21(16-19)8-12-27-24-5-3-2-4-20(24)7-11-28(25)27/h2-13,16-17,29H,14-15,18H2,1H3. The molecule has 1 atom stereocenters. The van der Waals surface area contributed by atoms with Crippen LogP contribution in [0.5, 0.6) is 0 Å². The molecule has 0 radical (unpaired) electrons. The highest BCUT2D eigenvalue weighted by Crippen LogP contribution is 2.34. The number of carbonyl (C=O) groups excluding carboxylic acids is 1. The average Bonchev–Trinajstić information content (AvgIpc) is 2.90. The van der Waals surface area contributed by atoms with Crippen LogP contribution in [0.15, 0.2) is 84.9 Å². The summed E-state index contributed by atoms with van der Waals surface area (Å²) >= 11 is 0. The van der Waals surface area contributed by atoms with Gasteiger partial charge in [0, 0.05) is 18.7 Å². The number of carbonyl (C=O) groups is 1. The minimum absolute atomic E-state index is 0.0436. The average molecular weight is 477 g/mol. The molecule has 1 aliphatic heterocycles. The molecule has 6 heteroatoms. The van der Waals surface area contributed by atoms with E-state index in [2.05, 4.69) is 60.7 Å². The van der Waals surface area contributed by atoms with Crippen LogP contribution in [0.2, 0.25) is 0 Å². The zero-order valence-electron chi connectivity index (χ0n) is 19.8. The van der Waals surface area contributed by atoms with Gasteiger partial charge in [0.15, 0.2) is 0 Å². The molecule has 1 unspecified atom stereocenters. The number of esters is 1. The van der Waals surface area contributed by atoms with Crippen LogP contribution >= 0.6 is 0 Å². The number of nitro benzene ring substituents is 1. The summed E-state index contributed by atoms with van der Waals surface area (Å²) in [5, 5.41) is 18.3. The fourth-order valence-corrected chi connectivity index (χ4v) is 5.36. The molecule has 0 aliphatic carbocycles. The zero-order chi connectivity index (χ0) is 24.8. The number of fused-ring (bicyclic) bond motifs is 6. The lowest BCUT2D eigenvalue weighted by Crippen LogP contribution is -2.37. The first-order chi connectivity index (χ1) is 17.5. The Labute approximate surface area is 207 Å². The molecule has 5 aromatic carbocycles. The van der Waals surface area contributed by atoms with Crippen LogP contribution in [0.3, 0.4) is 0 Å². The van der Waals surface area contributed by atoms with E-state index in [-0.39, 0.29) is 18.3 Å². The number of nitro groups is 1. The van der Waals surface area contributed by atoms with Crippen LogP contribution in [0, 0.1) is 10.1 Å². The van der Waals surface area contributed by atoms with Crippen molar-refractivity contribution in [3.63, 3.8) is 0 Å². The molecule has 178 valence electrons. The van der Waals surface area contributed by atoms with Crippen molar-refractivity contribution in [3.05, 3.63) is 112 Å². The van der Waals surface area contributed by atoms with Crippen molar-refractivity contribution in [1.82, 2.24) is 4.90 Å². The Morgan fingerprint density at radius 2 is 1.64 bits per heavy atom. The van der Waals surface area contributed by atoms with Crippen molar-refractivity contribution >= 4 is 44.0 Å². The molecule has 1 heterocycles. The molecule has 36 heavy (non-hydrogen) atoms. The van der Waals surface area contributed by atoms with Crippen LogP contribution in [0.1, 0.15) is 22.7 Å². The minimum atomic E-state index is -0.577. The first-order valence-corrected chi connectivity index (χ1v) is 12.0. The number of benzene rings is 5. The molecule has 0 fully saturated rings. The largest absolute Gasteiger partial charge is 0.459 e. The van der Waals surface area contributed by atoms with Gasteiger partial charge in [0.25, 0.3) is 5.69 Å². The summed E-state index contributed by atoms with van der Waals surface area (Å²) in [7, 11) is 1.88. The number of hydrogen-bond acceptors (Lipinski definition) is 5. The van der Waals surface area contributed by atoms with Gasteiger partial charge in [0.2, 0.25) is 0 Å². The number of nitrogens with zero attached hydrogens (tertiary/aromatic N) is 2. The molecule has 6 rings (SSSR count). The fourth-order valence-electron chi connectivity index (χ4n) is 5.36. The van der Waals surface area contributed by atoms with Gasteiger partial charge in [-0.1, -0.05) is 60.7 Å². The van der Waals surface area contributed by atoms with Crippen molar-refractivity contribution in [3.8, 4) is 0 Å². The normalized spacial score (nSPS) is 15.8. The van der Waals surface area contributed by atoms with E-state index >= 15 is 0 Å². The minimum Gasteiger partial charge on any atom is -0.459 e. The monoisotopic (exact) mass is 476 g/mol. The Morgan fingerprint density at radius 3 is 2.44 bits per heavy atom. The molecular formula is C30H24N2O4. The van der Waals surface area contributed by atoms with Crippen molar-refractivity contribution in [2.45, 2.75) is 19.1 Å². The highest BCUT2D eigenvalue weighted by molar-refractivity contribution is 6.17. The van der Waals surface area contributed by atoms with E-state index in [4.69, 9.17) is 4.74 Å². The van der Waals surface area contributed by atoms with Crippen molar-refractivity contribution in [2.75, 3.05) is 13.6 Å². The maximum atomic E-state index is 13.1. The van der Waals surface area contributed by atoms with E-state index in [0.29, 0.717) is 13.0 Å². The van der Waals surface area contributed by atoms with Crippen LogP contribution in [0.4, 0.5) is 5.69 Å². The summed E-state index contributed by atoms with van der Waals surface area (Å²) < 4.78 is 5.75. The Hall–Kier alpha value is -4.29. The predicted molar refractivity (Wildman–Crippen MR) is 141 cm³/mol. The molecular weight excluding hydrogens is 452 g/mol. The molecule has 0 spiro atoms. The third-order valence-corrected chi connectivity index (χ3v) is 7.22. The summed E-state index contributed by atoms with van der Waals surface area (Å²) in [6.45, 7) is 0.794. The maximum absolute atomic E-state index is 13.1. The Balaban J connectivity index is 1.26. The van der Waals surface area contributed by atoms with E-state index in [9.17, 15) is 14.9 Å². The van der Waals surface area contributed by atoms with Gasteiger partial charge < -0.3 is 4.74 Å². The zero-order valence-corrected chi connectivity index (χ0v) is 19.8. The first-order valence-electron chi connectivity index (χ1n) is 12.0. The summed E-state index contributed by atoms with van der Waals surface area (Å²) in [6.07, 6.45) is 0.658. The van der Waals surface area contributed by atoms with Crippen LogP contribution in [-0.2, 0) is 22.6 Å². The quantitative estimate of drug-likeness (QED) is 0.131. The number of rotatable bonds is 4. The summed E-state index contributed by atoms with van der Waals surface area (Å²) in [5.41, 5.74) is 2.56. The second kappa shape index (κ2) is 8.73. The van der Waals surface area contributed by atoms with Gasteiger partial charge in [-0.15, -0.1) is 0 Å².